The highest BCUT2D eigenvalue weighted by Gasteiger charge is 2.15. The predicted molar refractivity (Wildman–Crippen MR) is 124 cm³/mol. The van der Waals surface area contributed by atoms with Crippen LogP contribution in [0.4, 0.5) is 11.4 Å². The summed E-state index contributed by atoms with van der Waals surface area (Å²) in [6.07, 6.45) is 0. The van der Waals surface area contributed by atoms with Gasteiger partial charge in [0.25, 0.3) is 5.91 Å². The molecule has 0 heterocycles. The van der Waals surface area contributed by atoms with Crippen molar-refractivity contribution in [3.05, 3.63) is 84.4 Å². The zero-order valence-corrected chi connectivity index (χ0v) is 18.1. The summed E-state index contributed by atoms with van der Waals surface area (Å²) in [6, 6.07) is 22.3. The highest BCUT2D eigenvalue weighted by Crippen LogP contribution is 2.26. The Balaban J connectivity index is 1.49. The zero-order valence-electron chi connectivity index (χ0n) is 17.3. The maximum Gasteiger partial charge on any atom is 0.335 e. The molecule has 1 unspecified atom stereocenters. The lowest BCUT2D eigenvalue weighted by atomic mass is 10.2. The second kappa shape index (κ2) is 11.0. The molecule has 0 aliphatic rings. The molecule has 8 heteroatoms. The van der Waals surface area contributed by atoms with Crippen molar-refractivity contribution < 1.29 is 24.2 Å². The van der Waals surface area contributed by atoms with E-state index in [1.54, 1.807) is 43.3 Å². The number of rotatable bonds is 9. The minimum Gasteiger partial charge on any atom is -0.484 e. The lowest BCUT2D eigenvalue weighted by molar-refractivity contribution is -0.118. The fraction of sp³-hybridized carbons (Fsp3) is 0.125. The summed E-state index contributed by atoms with van der Waals surface area (Å²) in [5.74, 6) is -0.947. The number of benzene rings is 3. The summed E-state index contributed by atoms with van der Waals surface area (Å²) >= 11 is 1.35. The Labute approximate surface area is 189 Å². The van der Waals surface area contributed by atoms with Crippen molar-refractivity contribution in [3.63, 3.8) is 0 Å². The van der Waals surface area contributed by atoms with Gasteiger partial charge in [0.15, 0.2) is 6.61 Å². The maximum absolute atomic E-state index is 12.4. The van der Waals surface area contributed by atoms with Crippen LogP contribution in [-0.2, 0) is 9.59 Å². The van der Waals surface area contributed by atoms with Crippen molar-refractivity contribution in [1.29, 1.82) is 0 Å². The third-order valence-electron chi connectivity index (χ3n) is 4.31. The molecule has 164 valence electrons. The summed E-state index contributed by atoms with van der Waals surface area (Å²) in [7, 11) is 0. The van der Waals surface area contributed by atoms with Crippen molar-refractivity contribution in [2.75, 3.05) is 17.2 Å². The molecule has 0 saturated heterocycles. The molecule has 3 aromatic carbocycles. The second-order valence-electron chi connectivity index (χ2n) is 6.81. The first-order chi connectivity index (χ1) is 15.4. The molecule has 1 atom stereocenters. The van der Waals surface area contributed by atoms with Gasteiger partial charge in [-0.25, -0.2) is 4.79 Å². The quantitative estimate of drug-likeness (QED) is 0.414. The highest BCUT2D eigenvalue weighted by molar-refractivity contribution is 8.00. The fourth-order valence-corrected chi connectivity index (χ4v) is 3.58. The molecular formula is C24H22N2O5S. The molecule has 3 rings (SSSR count). The van der Waals surface area contributed by atoms with Crippen molar-refractivity contribution in [2.45, 2.75) is 17.1 Å². The summed E-state index contributed by atoms with van der Waals surface area (Å²) in [5, 5.41) is 14.1. The molecule has 0 aliphatic heterocycles. The van der Waals surface area contributed by atoms with Crippen molar-refractivity contribution in [1.82, 2.24) is 0 Å². The van der Waals surface area contributed by atoms with Gasteiger partial charge in [-0.05, 0) is 61.5 Å². The van der Waals surface area contributed by atoms with E-state index < -0.39 is 11.2 Å². The van der Waals surface area contributed by atoms with Gasteiger partial charge in [-0.3, -0.25) is 9.59 Å². The van der Waals surface area contributed by atoms with Gasteiger partial charge in [-0.15, -0.1) is 11.8 Å². The molecule has 0 spiro atoms. The van der Waals surface area contributed by atoms with E-state index >= 15 is 0 Å². The molecule has 7 nitrogen and oxygen atoms in total. The number of aromatic carboxylic acids is 1. The van der Waals surface area contributed by atoms with Gasteiger partial charge in [0.05, 0.1) is 10.8 Å². The number of carboxylic acids is 1. The summed E-state index contributed by atoms with van der Waals surface area (Å²) in [6.45, 7) is 1.67. The first kappa shape index (κ1) is 22.9. The number of nitrogens with one attached hydrogen (secondary N) is 2. The lowest BCUT2D eigenvalue weighted by Crippen LogP contribution is -2.22. The van der Waals surface area contributed by atoms with E-state index in [2.05, 4.69) is 10.6 Å². The number of thioether (sulfide) groups is 1. The van der Waals surface area contributed by atoms with Crippen LogP contribution < -0.4 is 15.4 Å². The Kier molecular flexibility index (Phi) is 7.88. The molecule has 0 radical (unpaired) electrons. The number of carboxylic acid groups (broad SMARTS) is 1. The van der Waals surface area contributed by atoms with Crippen LogP contribution >= 0.6 is 11.8 Å². The van der Waals surface area contributed by atoms with E-state index in [0.717, 1.165) is 4.90 Å². The number of carbonyl (C=O) groups excluding carboxylic acids is 2. The number of ether oxygens (including phenoxy) is 1. The van der Waals surface area contributed by atoms with Gasteiger partial charge in [0.2, 0.25) is 5.91 Å². The third kappa shape index (κ3) is 6.88. The molecule has 0 aromatic heterocycles. The average molecular weight is 451 g/mol. The number of hydrogen-bond acceptors (Lipinski definition) is 5. The SMILES string of the molecule is CC(Sc1ccc(NC(=O)COc2ccccc2)cc1)C(=O)Nc1cccc(C(=O)O)c1. The van der Waals surface area contributed by atoms with Crippen LogP contribution in [0.25, 0.3) is 0 Å². The Morgan fingerprint density at radius 3 is 2.31 bits per heavy atom. The standard InChI is InChI=1S/C24H22N2O5S/c1-16(23(28)26-19-7-5-6-17(14-19)24(29)30)32-21-12-10-18(11-13-21)25-22(27)15-31-20-8-3-2-4-9-20/h2-14,16H,15H2,1H3,(H,25,27)(H,26,28)(H,29,30). The van der Waals surface area contributed by atoms with Crippen LogP contribution in [0.5, 0.6) is 5.75 Å². The first-order valence-electron chi connectivity index (χ1n) is 9.79. The fourth-order valence-electron chi connectivity index (χ4n) is 2.71. The van der Waals surface area contributed by atoms with E-state index in [1.807, 2.05) is 30.3 Å². The third-order valence-corrected chi connectivity index (χ3v) is 5.42. The van der Waals surface area contributed by atoms with E-state index in [-0.39, 0.29) is 24.0 Å². The molecular weight excluding hydrogens is 428 g/mol. The number of amides is 2. The van der Waals surface area contributed by atoms with Gasteiger partial charge < -0.3 is 20.5 Å². The molecule has 3 N–H and O–H groups in total. The maximum atomic E-state index is 12.4. The molecule has 0 saturated carbocycles. The normalized spacial score (nSPS) is 11.3. The number of anilines is 2. The molecule has 0 fully saturated rings. The number of hydrogen-bond donors (Lipinski definition) is 3. The Bertz CT molecular complexity index is 1090. The zero-order chi connectivity index (χ0) is 22.9. The van der Waals surface area contributed by atoms with Crippen LogP contribution in [0.2, 0.25) is 0 Å². The Hall–Kier alpha value is -3.78. The number of carbonyl (C=O) groups is 3. The minimum absolute atomic E-state index is 0.0964. The molecule has 0 aliphatic carbocycles. The molecule has 3 aromatic rings. The molecule has 32 heavy (non-hydrogen) atoms. The van der Waals surface area contributed by atoms with Gasteiger partial charge in [-0.1, -0.05) is 24.3 Å². The van der Waals surface area contributed by atoms with Crippen LogP contribution in [-0.4, -0.2) is 34.7 Å². The van der Waals surface area contributed by atoms with E-state index in [0.29, 0.717) is 17.1 Å². The van der Waals surface area contributed by atoms with Crippen LogP contribution in [0, 0.1) is 0 Å². The van der Waals surface area contributed by atoms with Crippen molar-refractivity contribution >= 4 is 40.9 Å². The van der Waals surface area contributed by atoms with Crippen molar-refractivity contribution in [2.24, 2.45) is 0 Å². The van der Waals surface area contributed by atoms with Gasteiger partial charge >= 0.3 is 5.97 Å². The summed E-state index contributed by atoms with van der Waals surface area (Å²) < 4.78 is 5.42. The van der Waals surface area contributed by atoms with Crippen LogP contribution in [0.15, 0.2) is 83.8 Å². The van der Waals surface area contributed by atoms with Crippen molar-refractivity contribution in [3.8, 4) is 5.75 Å². The monoisotopic (exact) mass is 450 g/mol. The van der Waals surface area contributed by atoms with Crippen LogP contribution in [0.1, 0.15) is 17.3 Å². The predicted octanol–water partition coefficient (Wildman–Crippen LogP) is 4.52. The average Bonchev–Trinajstić information content (AvgIpc) is 2.80. The van der Waals surface area contributed by atoms with E-state index in [4.69, 9.17) is 9.84 Å². The Morgan fingerprint density at radius 2 is 1.62 bits per heavy atom. The number of para-hydroxylation sites is 1. The smallest absolute Gasteiger partial charge is 0.335 e. The molecule has 0 bridgehead atoms. The van der Waals surface area contributed by atoms with E-state index in [1.165, 1.54) is 23.9 Å². The molecule has 2 amide bonds. The largest absolute Gasteiger partial charge is 0.484 e. The van der Waals surface area contributed by atoms with Crippen LogP contribution in [0.3, 0.4) is 0 Å². The lowest BCUT2D eigenvalue weighted by Gasteiger charge is -2.13. The first-order valence-corrected chi connectivity index (χ1v) is 10.7. The van der Waals surface area contributed by atoms with E-state index in [9.17, 15) is 14.4 Å². The minimum atomic E-state index is -1.05. The highest BCUT2D eigenvalue weighted by atomic mass is 32.2. The topological polar surface area (TPSA) is 105 Å². The Morgan fingerprint density at radius 1 is 0.906 bits per heavy atom. The van der Waals surface area contributed by atoms with Gasteiger partial charge in [0.1, 0.15) is 5.75 Å². The summed E-state index contributed by atoms with van der Waals surface area (Å²) in [5.41, 5.74) is 1.16. The second-order valence-corrected chi connectivity index (χ2v) is 8.22. The van der Waals surface area contributed by atoms with Gasteiger partial charge in [-0.2, -0.15) is 0 Å². The summed E-state index contributed by atoms with van der Waals surface area (Å²) in [4.78, 5) is 36.4. The van der Waals surface area contributed by atoms with Gasteiger partial charge in [0, 0.05) is 16.3 Å².